The lowest BCUT2D eigenvalue weighted by Crippen LogP contribution is -2.42. The van der Waals surface area contributed by atoms with Gasteiger partial charge in [-0.3, -0.25) is 0 Å². The monoisotopic (exact) mass is 438 g/mol. The Morgan fingerprint density at radius 3 is 2.54 bits per heavy atom. The number of halogens is 4. The third-order valence-electron chi connectivity index (χ3n) is 4.60. The fourth-order valence-corrected chi connectivity index (χ4v) is 4.83. The molecule has 3 aromatic rings. The van der Waals surface area contributed by atoms with Crippen molar-refractivity contribution >= 4 is 46.3 Å². The van der Waals surface area contributed by atoms with Crippen molar-refractivity contribution in [1.29, 1.82) is 0 Å². The number of urea groups is 1. The van der Waals surface area contributed by atoms with Gasteiger partial charge in [0.1, 0.15) is 0 Å². The molecule has 1 atom stereocenters. The number of hydrogen-bond acceptors (Lipinski definition) is 2. The summed E-state index contributed by atoms with van der Waals surface area (Å²) < 4.78 is 27.3. The van der Waals surface area contributed by atoms with E-state index in [0.717, 1.165) is 22.6 Å². The predicted octanol–water partition coefficient (Wildman–Crippen LogP) is 6.51. The number of fused-ring (bicyclic) bond motifs is 1. The van der Waals surface area contributed by atoms with Crippen LogP contribution >= 0.6 is 34.5 Å². The van der Waals surface area contributed by atoms with Crippen LogP contribution in [0.1, 0.15) is 22.0 Å². The van der Waals surface area contributed by atoms with Crippen molar-refractivity contribution in [2.75, 3.05) is 11.9 Å². The van der Waals surface area contributed by atoms with Crippen molar-refractivity contribution in [2.45, 2.75) is 12.5 Å². The number of carbonyl (C=O) groups is 1. The molecule has 1 aliphatic rings. The van der Waals surface area contributed by atoms with E-state index in [-0.39, 0.29) is 6.03 Å². The van der Waals surface area contributed by atoms with Crippen LogP contribution < -0.4 is 5.32 Å². The Hall–Kier alpha value is -2.15. The highest BCUT2D eigenvalue weighted by molar-refractivity contribution is 7.10. The standard InChI is InChI=1S/C20H14Cl2F2N2OS/c21-12-8-13(22)10-14(9-12)25-20(27)26-5-3-18-15(4-6-28-18)19(26)11-1-2-16(23)17(24)7-11/h1-2,4,6-10,19H,3,5H2,(H,25,27). The second-order valence-electron chi connectivity index (χ2n) is 6.41. The lowest BCUT2D eigenvalue weighted by atomic mass is 9.93. The summed E-state index contributed by atoms with van der Waals surface area (Å²) in [7, 11) is 0. The molecule has 2 aromatic carbocycles. The molecule has 1 unspecified atom stereocenters. The molecular weight excluding hydrogens is 425 g/mol. The van der Waals surface area contributed by atoms with Crippen LogP contribution in [0.5, 0.6) is 0 Å². The molecule has 0 aliphatic carbocycles. The zero-order valence-electron chi connectivity index (χ0n) is 14.4. The summed E-state index contributed by atoms with van der Waals surface area (Å²) in [6.07, 6.45) is 0.691. The normalized spacial score (nSPS) is 16.0. The van der Waals surface area contributed by atoms with E-state index in [0.29, 0.717) is 34.3 Å². The highest BCUT2D eigenvalue weighted by Crippen LogP contribution is 2.38. The lowest BCUT2D eigenvalue weighted by Gasteiger charge is -2.36. The molecule has 0 spiro atoms. The van der Waals surface area contributed by atoms with Crippen molar-refractivity contribution in [3.05, 3.63) is 85.5 Å². The van der Waals surface area contributed by atoms with Crippen LogP contribution in [0.15, 0.2) is 47.8 Å². The summed E-state index contributed by atoms with van der Waals surface area (Å²) in [6, 6.07) is 9.52. The third kappa shape index (κ3) is 3.72. The average Bonchev–Trinajstić information content (AvgIpc) is 3.11. The van der Waals surface area contributed by atoms with Crippen LogP contribution in [-0.4, -0.2) is 17.5 Å². The number of nitrogens with zero attached hydrogens (tertiary/aromatic N) is 1. The van der Waals surface area contributed by atoms with E-state index in [1.807, 2.05) is 11.4 Å². The van der Waals surface area contributed by atoms with E-state index in [2.05, 4.69) is 5.32 Å². The van der Waals surface area contributed by atoms with E-state index >= 15 is 0 Å². The van der Waals surface area contributed by atoms with Crippen molar-refractivity contribution in [3.63, 3.8) is 0 Å². The van der Waals surface area contributed by atoms with Crippen molar-refractivity contribution < 1.29 is 13.6 Å². The molecule has 0 radical (unpaired) electrons. The van der Waals surface area contributed by atoms with Crippen LogP contribution in [0.4, 0.5) is 19.3 Å². The van der Waals surface area contributed by atoms with Gasteiger partial charge in [0.25, 0.3) is 0 Å². The molecule has 1 aliphatic heterocycles. The number of benzene rings is 2. The van der Waals surface area contributed by atoms with Gasteiger partial charge in [-0.25, -0.2) is 13.6 Å². The maximum atomic E-state index is 13.9. The van der Waals surface area contributed by atoms with Crippen molar-refractivity contribution in [3.8, 4) is 0 Å². The Morgan fingerprint density at radius 2 is 1.82 bits per heavy atom. The molecule has 4 rings (SSSR count). The van der Waals surface area contributed by atoms with Crippen LogP contribution in [0.3, 0.4) is 0 Å². The minimum atomic E-state index is -0.943. The number of carbonyl (C=O) groups excluding carboxylic acids is 1. The van der Waals surface area contributed by atoms with Gasteiger partial charge < -0.3 is 10.2 Å². The Kier molecular flexibility index (Phi) is 5.27. The van der Waals surface area contributed by atoms with Gasteiger partial charge in [-0.1, -0.05) is 29.3 Å². The summed E-state index contributed by atoms with van der Waals surface area (Å²) in [4.78, 5) is 15.8. The second kappa shape index (κ2) is 7.70. The molecule has 0 saturated carbocycles. The maximum Gasteiger partial charge on any atom is 0.322 e. The second-order valence-corrected chi connectivity index (χ2v) is 8.28. The van der Waals surface area contributed by atoms with Crippen molar-refractivity contribution in [2.24, 2.45) is 0 Å². The van der Waals surface area contributed by atoms with E-state index in [9.17, 15) is 13.6 Å². The molecule has 2 heterocycles. The number of hydrogen-bond donors (Lipinski definition) is 1. The molecule has 2 amide bonds. The molecule has 0 bridgehead atoms. The SMILES string of the molecule is O=C(Nc1cc(Cl)cc(Cl)c1)N1CCc2sccc2C1c1ccc(F)c(F)c1. The number of thiophene rings is 1. The highest BCUT2D eigenvalue weighted by Gasteiger charge is 2.33. The molecular formula is C20H14Cl2F2N2OS. The summed E-state index contributed by atoms with van der Waals surface area (Å²) in [5.41, 5.74) is 1.89. The zero-order chi connectivity index (χ0) is 19.8. The van der Waals surface area contributed by atoms with Crippen molar-refractivity contribution in [1.82, 2.24) is 4.90 Å². The molecule has 28 heavy (non-hydrogen) atoms. The van der Waals surface area contributed by atoms with Gasteiger partial charge in [-0.15, -0.1) is 11.3 Å². The minimum Gasteiger partial charge on any atom is -0.313 e. The summed E-state index contributed by atoms with van der Waals surface area (Å²) in [5.74, 6) is -1.86. The Labute approximate surface area is 174 Å². The van der Waals surface area contributed by atoms with Gasteiger partial charge in [0.05, 0.1) is 6.04 Å². The first-order chi connectivity index (χ1) is 13.4. The minimum absolute atomic E-state index is 0.370. The fourth-order valence-electron chi connectivity index (χ4n) is 3.40. The summed E-state index contributed by atoms with van der Waals surface area (Å²) >= 11 is 13.6. The van der Waals surface area contributed by atoms with Gasteiger partial charge >= 0.3 is 6.03 Å². The van der Waals surface area contributed by atoms with Crippen LogP contribution in [-0.2, 0) is 6.42 Å². The predicted molar refractivity (Wildman–Crippen MR) is 108 cm³/mol. The number of nitrogens with one attached hydrogen (secondary N) is 1. The molecule has 1 aromatic heterocycles. The lowest BCUT2D eigenvalue weighted by molar-refractivity contribution is 0.194. The fraction of sp³-hybridized carbons (Fsp3) is 0.150. The van der Waals surface area contributed by atoms with E-state index < -0.39 is 17.7 Å². The quantitative estimate of drug-likeness (QED) is 0.485. The van der Waals surface area contributed by atoms with Crippen LogP contribution in [0, 0.1) is 11.6 Å². The van der Waals surface area contributed by atoms with E-state index in [1.54, 1.807) is 34.4 Å². The van der Waals surface area contributed by atoms with Gasteiger partial charge in [-0.2, -0.15) is 0 Å². The topological polar surface area (TPSA) is 32.3 Å². The molecule has 1 N–H and O–H groups in total. The van der Waals surface area contributed by atoms with Gasteiger partial charge in [0.15, 0.2) is 11.6 Å². The summed E-state index contributed by atoms with van der Waals surface area (Å²) in [6.45, 7) is 0.442. The molecule has 0 fully saturated rings. The van der Waals surface area contributed by atoms with Gasteiger partial charge in [-0.05, 0) is 59.3 Å². The Morgan fingerprint density at radius 1 is 1.07 bits per heavy atom. The van der Waals surface area contributed by atoms with E-state index in [1.165, 1.54) is 6.07 Å². The summed E-state index contributed by atoms with van der Waals surface area (Å²) in [5, 5.41) is 5.54. The molecule has 144 valence electrons. The number of rotatable bonds is 2. The van der Waals surface area contributed by atoms with Gasteiger partial charge in [0, 0.05) is 27.2 Å². The van der Waals surface area contributed by atoms with Crippen LogP contribution in [0.25, 0.3) is 0 Å². The Bertz CT molecular complexity index is 1040. The Balaban J connectivity index is 1.70. The maximum absolute atomic E-state index is 13.9. The average molecular weight is 439 g/mol. The largest absolute Gasteiger partial charge is 0.322 e. The molecule has 8 heteroatoms. The highest BCUT2D eigenvalue weighted by atomic mass is 35.5. The number of anilines is 1. The van der Waals surface area contributed by atoms with E-state index in [4.69, 9.17) is 23.2 Å². The number of amides is 2. The zero-order valence-corrected chi connectivity index (χ0v) is 16.7. The van der Waals surface area contributed by atoms with Crippen LogP contribution in [0.2, 0.25) is 10.0 Å². The third-order valence-corrected chi connectivity index (χ3v) is 6.03. The van der Waals surface area contributed by atoms with Gasteiger partial charge in [0.2, 0.25) is 0 Å². The first-order valence-corrected chi connectivity index (χ1v) is 10.1. The smallest absolute Gasteiger partial charge is 0.313 e. The molecule has 3 nitrogen and oxygen atoms in total. The first-order valence-electron chi connectivity index (χ1n) is 8.47. The first kappa shape index (κ1) is 19.2. The molecule has 0 saturated heterocycles.